The van der Waals surface area contributed by atoms with Crippen LogP contribution < -0.4 is 5.73 Å². The van der Waals surface area contributed by atoms with E-state index in [0.29, 0.717) is 11.3 Å². The largest absolute Gasteiger partial charge is 0.398 e. The highest BCUT2D eigenvalue weighted by Crippen LogP contribution is 2.28. The van der Waals surface area contributed by atoms with Crippen LogP contribution in [0.1, 0.15) is 21.5 Å². The van der Waals surface area contributed by atoms with E-state index in [0.717, 1.165) is 21.2 Å². The second kappa shape index (κ2) is 4.52. The van der Waals surface area contributed by atoms with Gasteiger partial charge in [-0.05, 0) is 42.0 Å². The molecule has 0 atom stereocenters. The first-order valence-corrected chi connectivity index (χ1v) is 6.92. The molecule has 1 aromatic heterocycles. The predicted molar refractivity (Wildman–Crippen MR) is 80.8 cm³/mol. The van der Waals surface area contributed by atoms with Gasteiger partial charge >= 0.3 is 0 Å². The Hall–Kier alpha value is -2.13. The van der Waals surface area contributed by atoms with Crippen LogP contribution in [0, 0.1) is 6.92 Å². The maximum Gasteiger partial charge on any atom is 0.196 e. The molecule has 0 spiro atoms. The Bertz CT molecular complexity index is 773. The molecule has 94 valence electrons. The molecule has 0 aliphatic rings. The minimum atomic E-state index is -0.00532. The summed E-state index contributed by atoms with van der Waals surface area (Å²) in [5.41, 5.74) is 8.81. The molecule has 0 amide bonds. The summed E-state index contributed by atoms with van der Waals surface area (Å²) in [5, 5.41) is 3.10. The third-order valence-corrected chi connectivity index (χ3v) is 4.14. The number of nitrogens with two attached hydrogens (primary N) is 1. The molecule has 2 aromatic carbocycles. The molecule has 0 unspecified atom stereocenters. The zero-order valence-corrected chi connectivity index (χ0v) is 11.3. The molecule has 3 heteroatoms. The Morgan fingerprint density at radius 3 is 2.79 bits per heavy atom. The fraction of sp³-hybridized carbons (Fsp3) is 0.0625. The summed E-state index contributed by atoms with van der Waals surface area (Å²) in [6.07, 6.45) is 0. The Kier molecular flexibility index (Phi) is 2.84. The molecular weight excluding hydrogens is 254 g/mol. The Labute approximate surface area is 115 Å². The number of hydrogen-bond acceptors (Lipinski definition) is 3. The highest BCUT2D eigenvalue weighted by molar-refractivity contribution is 7.17. The van der Waals surface area contributed by atoms with E-state index in [-0.39, 0.29) is 5.78 Å². The van der Waals surface area contributed by atoms with Crippen LogP contribution in [-0.2, 0) is 0 Å². The van der Waals surface area contributed by atoms with Crippen molar-refractivity contribution < 1.29 is 4.79 Å². The highest BCUT2D eigenvalue weighted by Gasteiger charge is 2.15. The summed E-state index contributed by atoms with van der Waals surface area (Å²) in [4.78, 5) is 12.7. The summed E-state index contributed by atoms with van der Waals surface area (Å²) >= 11 is 1.59. The van der Waals surface area contributed by atoms with E-state index in [1.54, 1.807) is 17.4 Å². The van der Waals surface area contributed by atoms with E-state index < -0.39 is 0 Å². The van der Waals surface area contributed by atoms with E-state index in [9.17, 15) is 4.79 Å². The van der Waals surface area contributed by atoms with Crippen LogP contribution in [-0.4, -0.2) is 5.78 Å². The van der Waals surface area contributed by atoms with E-state index in [1.165, 1.54) is 0 Å². The molecular formula is C16H13NOS. The molecule has 0 saturated carbocycles. The number of anilines is 1. The van der Waals surface area contributed by atoms with Crippen LogP contribution in [0.25, 0.3) is 10.1 Å². The molecule has 3 aromatic rings. The second-order valence-corrected chi connectivity index (χ2v) is 5.48. The van der Waals surface area contributed by atoms with Gasteiger partial charge in [-0.15, -0.1) is 11.3 Å². The van der Waals surface area contributed by atoms with E-state index in [1.807, 2.05) is 48.7 Å². The number of thiophene rings is 1. The first-order chi connectivity index (χ1) is 9.16. The van der Waals surface area contributed by atoms with Crippen LogP contribution in [0.15, 0.2) is 47.8 Å². The van der Waals surface area contributed by atoms with Gasteiger partial charge in [0.25, 0.3) is 0 Å². The molecule has 0 saturated heterocycles. The van der Waals surface area contributed by atoms with Gasteiger partial charge in [0, 0.05) is 21.5 Å². The van der Waals surface area contributed by atoms with E-state index >= 15 is 0 Å². The van der Waals surface area contributed by atoms with Crippen LogP contribution in [0.2, 0.25) is 0 Å². The monoisotopic (exact) mass is 267 g/mol. The lowest BCUT2D eigenvalue weighted by Crippen LogP contribution is -2.05. The zero-order valence-electron chi connectivity index (χ0n) is 10.5. The van der Waals surface area contributed by atoms with Gasteiger partial charge in [0.1, 0.15) is 0 Å². The molecule has 2 N–H and O–H groups in total. The number of aryl methyl sites for hydroxylation is 1. The quantitative estimate of drug-likeness (QED) is 0.563. The van der Waals surface area contributed by atoms with Crippen LogP contribution in [0.5, 0.6) is 0 Å². The predicted octanol–water partition coefficient (Wildman–Crippen LogP) is 4.02. The lowest BCUT2D eigenvalue weighted by atomic mass is 9.99. The SMILES string of the molecule is Cc1ccc(N)c(C(=O)c2cccc3ccsc23)c1. The van der Waals surface area contributed by atoms with Crippen LogP contribution in [0.3, 0.4) is 0 Å². The summed E-state index contributed by atoms with van der Waals surface area (Å²) < 4.78 is 1.02. The van der Waals surface area contributed by atoms with Crippen molar-refractivity contribution in [2.45, 2.75) is 6.92 Å². The molecule has 0 aliphatic heterocycles. The average Bonchev–Trinajstić information content (AvgIpc) is 2.89. The Balaban J connectivity index is 2.19. The zero-order chi connectivity index (χ0) is 13.4. The second-order valence-electron chi connectivity index (χ2n) is 4.56. The van der Waals surface area contributed by atoms with Crippen molar-refractivity contribution in [1.29, 1.82) is 0 Å². The normalized spacial score (nSPS) is 10.8. The summed E-state index contributed by atoms with van der Waals surface area (Å²) in [5.74, 6) is -0.00532. The van der Waals surface area contributed by atoms with Gasteiger partial charge in [0.2, 0.25) is 0 Å². The fourth-order valence-electron chi connectivity index (χ4n) is 2.18. The standard InChI is InChI=1S/C16H13NOS/c1-10-5-6-14(17)13(9-10)15(18)12-4-2-3-11-7-8-19-16(11)12/h2-9H,17H2,1H3. The number of carbonyl (C=O) groups excluding carboxylic acids is 1. The number of nitrogen functional groups attached to an aromatic ring is 1. The minimum Gasteiger partial charge on any atom is -0.398 e. The van der Waals surface area contributed by atoms with Crippen LogP contribution in [0.4, 0.5) is 5.69 Å². The molecule has 19 heavy (non-hydrogen) atoms. The number of rotatable bonds is 2. The summed E-state index contributed by atoms with van der Waals surface area (Å²) in [6.45, 7) is 1.96. The molecule has 0 bridgehead atoms. The number of fused-ring (bicyclic) bond motifs is 1. The Morgan fingerprint density at radius 2 is 1.95 bits per heavy atom. The third kappa shape index (κ3) is 2.02. The smallest absolute Gasteiger partial charge is 0.196 e. The van der Waals surface area contributed by atoms with Crippen molar-refractivity contribution >= 4 is 32.9 Å². The van der Waals surface area contributed by atoms with Gasteiger partial charge in [-0.1, -0.05) is 23.8 Å². The van der Waals surface area contributed by atoms with Gasteiger partial charge in [-0.25, -0.2) is 0 Å². The topological polar surface area (TPSA) is 43.1 Å². The molecule has 0 fully saturated rings. The molecule has 0 radical (unpaired) electrons. The lowest BCUT2D eigenvalue weighted by molar-refractivity contribution is 0.104. The molecule has 0 aliphatic carbocycles. The van der Waals surface area contributed by atoms with Crippen LogP contribution >= 0.6 is 11.3 Å². The third-order valence-electron chi connectivity index (χ3n) is 3.18. The number of hydrogen-bond donors (Lipinski definition) is 1. The van der Waals surface area contributed by atoms with Crippen molar-refractivity contribution in [3.8, 4) is 0 Å². The lowest BCUT2D eigenvalue weighted by Gasteiger charge is -2.07. The maximum atomic E-state index is 12.7. The number of ketones is 1. The first kappa shape index (κ1) is 11.9. The van der Waals surface area contributed by atoms with Crippen molar-refractivity contribution in [3.05, 3.63) is 64.5 Å². The average molecular weight is 267 g/mol. The van der Waals surface area contributed by atoms with Crippen molar-refractivity contribution in [2.24, 2.45) is 0 Å². The summed E-state index contributed by atoms with van der Waals surface area (Å²) in [7, 11) is 0. The maximum absolute atomic E-state index is 12.7. The van der Waals surface area contributed by atoms with Gasteiger partial charge in [-0.3, -0.25) is 4.79 Å². The Morgan fingerprint density at radius 1 is 1.11 bits per heavy atom. The van der Waals surface area contributed by atoms with Gasteiger partial charge in [0.05, 0.1) is 0 Å². The van der Waals surface area contributed by atoms with E-state index in [4.69, 9.17) is 5.73 Å². The molecule has 2 nitrogen and oxygen atoms in total. The first-order valence-electron chi connectivity index (χ1n) is 6.04. The number of carbonyl (C=O) groups is 1. The molecule has 1 heterocycles. The van der Waals surface area contributed by atoms with E-state index in [2.05, 4.69) is 0 Å². The van der Waals surface area contributed by atoms with Crippen molar-refractivity contribution in [2.75, 3.05) is 5.73 Å². The summed E-state index contributed by atoms with van der Waals surface area (Å²) in [6, 6.07) is 13.4. The van der Waals surface area contributed by atoms with Crippen molar-refractivity contribution in [1.82, 2.24) is 0 Å². The minimum absolute atomic E-state index is 0.00532. The van der Waals surface area contributed by atoms with Gasteiger partial charge in [-0.2, -0.15) is 0 Å². The fourth-order valence-corrected chi connectivity index (χ4v) is 3.09. The van der Waals surface area contributed by atoms with Gasteiger partial charge < -0.3 is 5.73 Å². The van der Waals surface area contributed by atoms with Gasteiger partial charge in [0.15, 0.2) is 5.78 Å². The number of benzene rings is 2. The van der Waals surface area contributed by atoms with Crippen molar-refractivity contribution in [3.63, 3.8) is 0 Å². The molecule has 3 rings (SSSR count). The highest BCUT2D eigenvalue weighted by atomic mass is 32.1.